The van der Waals surface area contributed by atoms with E-state index in [4.69, 9.17) is 0 Å². The molecule has 7 N–H and O–H groups in total. The average Bonchev–Trinajstić information content (AvgIpc) is 3.42. The number of benzene rings is 1. The summed E-state index contributed by atoms with van der Waals surface area (Å²) in [6.45, 7) is 13.5. The van der Waals surface area contributed by atoms with Crippen LogP contribution >= 0.6 is 0 Å². The molecule has 1 heterocycles. The molecule has 0 fully saturated rings. The van der Waals surface area contributed by atoms with Gasteiger partial charge in [0.05, 0.1) is 23.5 Å². The molecule has 13 nitrogen and oxygen atoms in total. The van der Waals surface area contributed by atoms with Crippen LogP contribution in [0.15, 0.2) is 73.0 Å². The van der Waals surface area contributed by atoms with Gasteiger partial charge in [-0.2, -0.15) is 0 Å². The van der Waals surface area contributed by atoms with E-state index in [-0.39, 0.29) is 54.8 Å². The maximum Gasteiger partial charge on any atom is 0.315 e. The van der Waals surface area contributed by atoms with Gasteiger partial charge in [-0.1, -0.05) is 68.0 Å². The highest BCUT2D eigenvalue weighted by molar-refractivity contribution is 5.88. The van der Waals surface area contributed by atoms with Crippen LogP contribution in [-0.4, -0.2) is 72.8 Å². The summed E-state index contributed by atoms with van der Waals surface area (Å²) in [5.41, 5.74) is 3.68. The number of nitrogens with zero attached hydrogens (tertiary/aromatic N) is 3. The summed E-state index contributed by atoms with van der Waals surface area (Å²) >= 11 is 0. The lowest BCUT2D eigenvalue weighted by Crippen LogP contribution is -2.47. The van der Waals surface area contributed by atoms with Crippen LogP contribution in [0.2, 0.25) is 0 Å². The standard InChI is InChI=1S/C38H51N7O6/c1-5-22-45-25-32(43-44-45)16-11-18-36(49)40-35(24-29-12-10-15-30-13-6-7-14-31(30)23-29)37(50)39-21-9-8-17-33(27(3)47)41-38(51)42-34(28(4)48)20-19-26(2)46/h6-7,13-14,23,25,33-35,46-48H,2-5,8-9,11,15-22,24H2,1H3,(H,39,50)(H,40,49)(H2,41,42,51). The SMILES string of the molecule is C=C(O)CCC(NC(=O)NC(CCCCNC(=O)C(CC1=Cc2ccccc2CC#C1)NC(=O)CCCc1cn(CCC)nn1)C(=C)O)C(=C)O. The zero-order chi connectivity index (χ0) is 37.2. The van der Waals surface area contributed by atoms with Gasteiger partial charge in [-0.3, -0.25) is 14.3 Å². The molecule has 51 heavy (non-hydrogen) atoms. The molecule has 0 bridgehead atoms. The van der Waals surface area contributed by atoms with Crippen molar-refractivity contribution < 1.29 is 29.7 Å². The highest BCUT2D eigenvalue weighted by atomic mass is 16.3. The average molecular weight is 702 g/mol. The molecular formula is C38H51N7O6. The van der Waals surface area contributed by atoms with Crippen molar-refractivity contribution in [2.24, 2.45) is 0 Å². The fourth-order valence-corrected chi connectivity index (χ4v) is 5.46. The van der Waals surface area contributed by atoms with E-state index >= 15 is 0 Å². The minimum Gasteiger partial charge on any atom is -0.513 e. The monoisotopic (exact) mass is 701 g/mol. The number of aryl methyl sites for hydroxylation is 2. The number of urea groups is 1. The molecule has 0 spiro atoms. The number of carbonyl (C=O) groups excluding carboxylic acids is 3. The maximum absolute atomic E-state index is 13.5. The van der Waals surface area contributed by atoms with Crippen LogP contribution in [0.3, 0.4) is 0 Å². The van der Waals surface area contributed by atoms with E-state index in [1.54, 1.807) is 4.68 Å². The van der Waals surface area contributed by atoms with Gasteiger partial charge in [0.25, 0.3) is 0 Å². The van der Waals surface area contributed by atoms with E-state index in [1.165, 1.54) is 0 Å². The van der Waals surface area contributed by atoms with Crippen molar-refractivity contribution in [1.82, 2.24) is 36.3 Å². The number of amides is 4. The molecule has 0 aliphatic heterocycles. The molecular weight excluding hydrogens is 650 g/mol. The van der Waals surface area contributed by atoms with E-state index in [2.05, 4.69) is 70.1 Å². The molecule has 274 valence electrons. The first kappa shape index (κ1) is 39.9. The highest BCUT2D eigenvalue weighted by Gasteiger charge is 2.23. The molecule has 1 aliphatic carbocycles. The minimum absolute atomic E-state index is 0.0907. The maximum atomic E-state index is 13.5. The summed E-state index contributed by atoms with van der Waals surface area (Å²) in [4.78, 5) is 39.1. The summed E-state index contributed by atoms with van der Waals surface area (Å²) in [5, 5.41) is 48.5. The Bertz CT molecular complexity index is 1640. The van der Waals surface area contributed by atoms with Crippen LogP contribution in [0.25, 0.3) is 6.08 Å². The van der Waals surface area contributed by atoms with E-state index in [0.717, 1.165) is 35.4 Å². The predicted octanol–water partition coefficient (Wildman–Crippen LogP) is 4.85. The molecule has 1 aliphatic rings. The van der Waals surface area contributed by atoms with Crippen molar-refractivity contribution >= 4 is 23.9 Å². The number of hydrogen-bond acceptors (Lipinski definition) is 8. The first-order valence-corrected chi connectivity index (χ1v) is 17.4. The highest BCUT2D eigenvalue weighted by Crippen LogP contribution is 2.19. The van der Waals surface area contributed by atoms with Crippen LogP contribution < -0.4 is 21.3 Å². The Morgan fingerprint density at radius 2 is 1.67 bits per heavy atom. The smallest absolute Gasteiger partial charge is 0.315 e. The Morgan fingerprint density at radius 3 is 2.37 bits per heavy atom. The lowest BCUT2D eigenvalue weighted by Gasteiger charge is -2.22. The van der Waals surface area contributed by atoms with Gasteiger partial charge in [0.2, 0.25) is 11.8 Å². The van der Waals surface area contributed by atoms with Crippen molar-refractivity contribution in [1.29, 1.82) is 0 Å². The number of hydrogen-bond donors (Lipinski definition) is 7. The van der Waals surface area contributed by atoms with Crippen LogP contribution in [0, 0.1) is 11.8 Å². The van der Waals surface area contributed by atoms with Crippen molar-refractivity contribution in [3.05, 3.63) is 89.9 Å². The van der Waals surface area contributed by atoms with E-state index in [0.29, 0.717) is 45.1 Å². The van der Waals surface area contributed by atoms with Gasteiger partial charge in [-0.15, -0.1) is 5.10 Å². The molecule has 0 saturated carbocycles. The fraction of sp³-hybridized carbons (Fsp3) is 0.447. The molecule has 3 unspecified atom stereocenters. The van der Waals surface area contributed by atoms with Gasteiger partial charge in [0.15, 0.2) is 0 Å². The third-order valence-corrected chi connectivity index (χ3v) is 8.22. The van der Waals surface area contributed by atoms with E-state index < -0.39 is 24.2 Å². The van der Waals surface area contributed by atoms with Gasteiger partial charge in [0, 0.05) is 50.5 Å². The second-order valence-electron chi connectivity index (χ2n) is 12.6. The zero-order valence-corrected chi connectivity index (χ0v) is 29.4. The first-order chi connectivity index (χ1) is 24.4. The molecule has 3 rings (SSSR count). The van der Waals surface area contributed by atoms with E-state index in [9.17, 15) is 29.7 Å². The second kappa shape index (κ2) is 20.9. The molecule has 13 heteroatoms. The number of carbonyl (C=O) groups is 3. The summed E-state index contributed by atoms with van der Waals surface area (Å²) in [7, 11) is 0. The second-order valence-corrected chi connectivity index (χ2v) is 12.6. The van der Waals surface area contributed by atoms with Crippen LogP contribution in [-0.2, 0) is 29.0 Å². The molecule has 1 aromatic carbocycles. The number of rotatable bonds is 22. The van der Waals surface area contributed by atoms with Crippen molar-refractivity contribution in [3.63, 3.8) is 0 Å². The number of aliphatic hydroxyl groups is 3. The molecule has 0 saturated heterocycles. The summed E-state index contributed by atoms with van der Waals surface area (Å²) in [6, 6.07) is 4.82. The van der Waals surface area contributed by atoms with Gasteiger partial charge in [-0.05, 0) is 62.1 Å². The lowest BCUT2D eigenvalue weighted by atomic mass is 10.0. The number of fused-ring (bicyclic) bond motifs is 1. The number of aromatic nitrogens is 3. The third-order valence-electron chi connectivity index (χ3n) is 8.22. The molecule has 1 aromatic heterocycles. The Labute approximate surface area is 300 Å². The number of aliphatic hydroxyl groups excluding tert-OH is 3. The largest absolute Gasteiger partial charge is 0.513 e. The predicted molar refractivity (Wildman–Crippen MR) is 196 cm³/mol. The van der Waals surface area contributed by atoms with Crippen LogP contribution in [0.4, 0.5) is 4.79 Å². The topological polar surface area (TPSA) is 191 Å². The van der Waals surface area contributed by atoms with Crippen molar-refractivity contribution in [3.8, 4) is 11.8 Å². The quantitative estimate of drug-likeness (QED) is 0.0515. The summed E-state index contributed by atoms with van der Waals surface area (Å²) in [6.07, 6.45) is 8.68. The number of unbranched alkanes of at least 4 members (excludes halogenated alkanes) is 1. The fourth-order valence-electron chi connectivity index (χ4n) is 5.46. The Kier molecular flexibility index (Phi) is 16.3. The normalized spacial score (nSPS) is 13.5. The van der Waals surface area contributed by atoms with E-state index in [1.807, 2.05) is 36.5 Å². The van der Waals surface area contributed by atoms with Gasteiger partial charge in [-0.25, -0.2) is 4.79 Å². The number of allylic oxidation sites excluding steroid dienone is 1. The molecule has 3 atom stereocenters. The van der Waals surface area contributed by atoms with Gasteiger partial charge < -0.3 is 36.6 Å². The zero-order valence-electron chi connectivity index (χ0n) is 29.4. The first-order valence-electron chi connectivity index (χ1n) is 17.4. The summed E-state index contributed by atoms with van der Waals surface area (Å²) in [5.74, 6) is 5.12. The molecule has 2 aromatic rings. The van der Waals surface area contributed by atoms with Crippen molar-refractivity contribution in [2.75, 3.05) is 6.54 Å². The summed E-state index contributed by atoms with van der Waals surface area (Å²) < 4.78 is 1.79. The van der Waals surface area contributed by atoms with Gasteiger partial charge >= 0.3 is 6.03 Å². The minimum atomic E-state index is -0.846. The van der Waals surface area contributed by atoms with Crippen molar-refractivity contribution in [2.45, 2.75) is 102 Å². The lowest BCUT2D eigenvalue weighted by molar-refractivity contribution is -0.129. The number of nitrogens with one attached hydrogen (secondary N) is 4. The Hall–Kier alpha value is -5.51. The van der Waals surface area contributed by atoms with Crippen LogP contribution in [0.1, 0.15) is 81.5 Å². The van der Waals surface area contributed by atoms with Crippen LogP contribution in [0.5, 0.6) is 0 Å². The molecule has 4 amide bonds. The third kappa shape index (κ3) is 14.5. The Balaban J connectivity index is 1.54. The Morgan fingerprint density at radius 1 is 0.941 bits per heavy atom. The van der Waals surface area contributed by atoms with Gasteiger partial charge in [0.1, 0.15) is 17.6 Å². The molecule has 0 radical (unpaired) electrons.